The summed E-state index contributed by atoms with van der Waals surface area (Å²) in [4.78, 5) is 27.6. The van der Waals surface area contributed by atoms with E-state index in [-0.39, 0.29) is 18.8 Å². The van der Waals surface area contributed by atoms with Gasteiger partial charge in [-0.2, -0.15) is 0 Å². The maximum absolute atomic E-state index is 12.8. The Morgan fingerprint density at radius 3 is 2.38 bits per heavy atom. The van der Waals surface area contributed by atoms with Gasteiger partial charge in [0.2, 0.25) is 0 Å². The van der Waals surface area contributed by atoms with Gasteiger partial charge in [-0.25, -0.2) is 9.59 Å². The van der Waals surface area contributed by atoms with Crippen LogP contribution in [0.3, 0.4) is 0 Å². The van der Waals surface area contributed by atoms with E-state index >= 15 is 0 Å². The van der Waals surface area contributed by atoms with Crippen molar-refractivity contribution in [3.8, 4) is 0 Å². The second-order valence-electron chi connectivity index (χ2n) is 11.6. The van der Waals surface area contributed by atoms with E-state index < -0.39 is 24.3 Å². The zero-order chi connectivity index (χ0) is 31.6. The third-order valence-corrected chi connectivity index (χ3v) is 8.43. The number of aliphatic hydroxyl groups is 1. The van der Waals surface area contributed by atoms with Crippen molar-refractivity contribution in [2.24, 2.45) is 0 Å². The van der Waals surface area contributed by atoms with Crippen LogP contribution in [-0.4, -0.2) is 74.1 Å². The smallest absolute Gasteiger partial charge is 0.328 e. The van der Waals surface area contributed by atoms with Crippen LogP contribution in [0.2, 0.25) is 0 Å². The van der Waals surface area contributed by atoms with Gasteiger partial charge in [-0.1, -0.05) is 66.7 Å². The number of likely N-dealkylation sites (tertiary alicyclic amines) is 1. The van der Waals surface area contributed by atoms with Crippen LogP contribution in [0, 0.1) is 0 Å². The molecule has 3 N–H and O–H groups in total. The maximum atomic E-state index is 12.8. The summed E-state index contributed by atoms with van der Waals surface area (Å²) in [5, 5.41) is 15.0. The molecular formula is C35H43N3O7. The SMILES string of the molecule is COCC1CCCN1CC1CC(c2ccc(CO)cc2)OC(c2ccc(NC(=O)NC(Cc3ccccc3)C(=O)OC)cc2)O1. The molecule has 5 rings (SSSR count). The first-order chi connectivity index (χ1) is 21.9. The molecule has 0 bridgehead atoms. The summed E-state index contributed by atoms with van der Waals surface area (Å²) in [5.74, 6) is -0.520. The largest absolute Gasteiger partial charge is 0.467 e. The Morgan fingerprint density at radius 2 is 1.69 bits per heavy atom. The number of nitrogens with zero attached hydrogens (tertiary/aromatic N) is 1. The molecule has 0 radical (unpaired) electrons. The number of urea groups is 1. The average molecular weight is 618 g/mol. The number of anilines is 1. The number of ether oxygens (including phenoxy) is 4. The van der Waals surface area contributed by atoms with Crippen molar-refractivity contribution < 1.29 is 33.6 Å². The van der Waals surface area contributed by atoms with Crippen LogP contribution >= 0.6 is 0 Å². The third kappa shape index (κ3) is 8.90. The van der Waals surface area contributed by atoms with E-state index in [9.17, 15) is 14.7 Å². The van der Waals surface area contributed by atoms with Gasteiger partial charge in [0, 0.05) is 43.8 Å². The van der Waals surface area contributed by atoms with Gasteiger partial charge in [-0.05, 0) is 48.2 Å². The summed E-state index contributed by atoms with van der Waals surface area (Å²) in [7, 11) is 3.05. The molecule has 2 saturated heterocycles. The quantitative estimate of drug-likeness (QED) is 0.250. The van der Waals surface area contributed by atoms with Crippen molar-refractivity contribution in [3.63, 3.8) is 0 Å². The summed E-state index contributed by atoms with van der Waals surface area (Å²) in [5.41, 5.74) is 4.18. The molecule has 2 aliphatic heterocycles. The lowest BCUT2D eigenvalue weighted by Crippen LogP contribution is -2.45. The molecule has 5 atom stereocenters. The number of carbonyl (C=O) groups excluding carboxylic acids is 2. The van der Waals surface area contributed by atoms with E-state index in [1.54, 1.807) is 19.2 Å². The topological polar surface area (TPSA) is 119 Å². The Kier molecular flexibility index (Phi) is 11.6. The van der Waals surface area contributed by atoms with Gasteiger partial charge in [0.25, 0.3) is 0 Å². The molecule has 2 fully saturated rings. The van der Waals surface area contributed by atoms with Crippen LogP contribution < -0.4 is 10.6 Å². The van der Waals surface area contributed by atoms with Gasteiger partial charge in [0.15, 0.2) is 6.29 Å². The van der Waals surface area contributed by atoms with Crippen molar-refractivity contribution >= 4 is 17.7 Å². The van der Waals surface area contributed by atoms with E-state index in [1.165, 1.54) is 7.11 Å². The second kappa shape index (κ2) is 16.0. The molecule has 0 aliphatic carbocycles. The molecule has 240 valence electrons. The summed E-state index contributed by atoms with van der Waals surface area (Å²) < 4.78 is 23.4. The number of nitrogens with one attached hydrogen (secondary N) is 2. The molecular weight excluding hydrogens is 574 g/mol. The van der Waals surface area contributed by atoms with Gasteiger partial charge in [0.05, 0.1) is 32.5 Å². The Hall–Kier alpha value is -3.80. The number of esters is 1. The molecule has 3 aromatic carbocycles. The number of amides is 2. The van der Waals surface area contributed by atoms with Gasteiger partial charge in [-0.15, -0.1) is 0 Å². The van der Waals surface area contributed by atoms with Gasteiger partial charge < -0.3 is 34.7 Å². The molecule has 0 saturated carbocycles. The highest BCUT2D eigenvalue weighted by Gasteiger charge is 2.35. The number of hydrogen-bond donors (Lipinski definition) is 3. The first-order valence-corrected chi connectivity index (χ1v) is 15.5. The third-order valence-electron chi connectivity index (χ3n) is 8.43. The maximum Gasteiger partial charge on any atom is 0.328 e. The van der Waals surface area contributed by atoms with Crippen molar-refractivity contribution in [2.75, 3.05) is 39.2 Å². The highest BCUT2D eigenvalue weighted by Crippen LogP contribution is 2.39. The van der Waals surface area contributed by atoms with E-state index in [2.05, 4.69) is 15.5 Å². The fourth-order valence-corrected chi connectivity index (χ4v) is 6.05. The van der Waals surface area contributed by atoms with E-state index in [0.29, 0.717) is 31.2 Å². The van der Waals surface area contributed by atoms with Crippen LogP contribution in [0.4, 0.5) is 10.5 Å². The second-order valence-corrected chi connectivity index (χ2v) is 11.6. The summed E-state index contributed by atoms with van der Waals surface area (Å²) >= 11 is 0. The average Bonchev–Trinajstić information content (AvgIpc) is 3.51. The molecule has 2 amide bonds. The zero-order valence-corrected chi connectivity index (χ0v) is 25.9. The Morgan fingerprint density at radius 1 is 0.956 bits per heavy atom. The lowest BCUT2D eigenvalue weighted by Gasteiger charge is -2.38. The molecule has 5 unspecified atom stereocenters. The van der Waals surface area contributed by atoms with Crippen molar-refractivity contribution in [1.82, 2.24) is 10.2 Å². The highest BCUT2D eigenvalue weighted by molar-refractivity contribution is 5.92. The first-order valence-electron chi connectivity index (χ1n) is 15.5. The Bertz CT molecular complexity index is 1370. The Balaban J connectivity index is 1.26. The highest BCUT2D eigenvalue weighted by atomic mass is 16.7. The molecule has 3 aromatic rings. The van der Waals surface area contributed by atoms with Crippen LogP contribution in [0.5, 0.6) is 0 Å². The minimum Gasteiger partial charge on any atom is -0.467 e. The van der Waals surface area contributed by atoms with Gasteiger partial charge in [0.1, 0.15) is 6.04 Å². The molecule has 45 heavy (non-hydrogen) atoms. The standard InChI is InChI=1S/C35H43N3O7/c1-42-23-29-9-6-18-38(29)21-30-20-32(26-12-10-25(22-39)11-13-26)45-34(44-30)27-14-16-28(17-15-27)36-35(41)37-31(33(40)43-2)19-24-7-4-3-5-8-24/h3-5,7-8,10-17,29-32,34,39H,6,9,18-23H2,1-2H3,(H2,36,37,41). The molecule has 0 spiro atoms. The lowest BCUT2D eigenvalue weighted by molar-refractivity contribution is -0.253. The molecule has 0 aromatic heterocycles. The van der Waals surface area contributed by atoms with E-state index in [0.717, 1.165) is 48.2 Å². The number of carbonyl (C=O) groups is 2. The Labute approximate surface area is 264 Å². The van der Waals surface area contributed by atoms with Crippen LogP contribution in [-0.2, 0) is 36.8 Å². The predicted molar refractivity (Wildman–Crippen MR) is 169 cm³/mol. The predicted octanol–water partition coefficient (Wildman–Crippen LogP) is 4.74. The monoisotopic (exact) mass is 617 g/mol. The first kappa shape index (κ1) is 32.6. The molecule has 10 heteroatoms. The summed E-state index contributed by atoms with van der Waals surface area (Å²) in [6, 6.07) is 23.7. The minimum absolute atomic E-state index is 0.00914. The van der Waals surface area contributed by atoms with Crippen LogP contribution in [0.25, 0.3) is 0 Å². The lowest BCUT2D eigenvalue weighted by atomic mass is 9.99. The molecule has 10 nitrogen and oxygen atoms in total. The number of hydrogen-bond acceptors (Lipinski definition) is 8. The van der Waals surface area contributed by atoms with E-state index in [4.69, 9.17) is 18.9 Å². The summed E-state index contributed by atoms with van der Waals surface area (Å²) in [6.45, 7) is 2.49. The number of methoxy groups -OCH3 is 2. The number of aliphatic hydroxyl groups excluding tert-OH is 1. The molecule has 2 heterocycles. The fourth-order valence-electron chi connectivity index (χ4n) is 6.05. The van der Waals surface area contributed by atoms with Gasteiger partial charge >= 0.3 is 12.0 Å². The number of rotatable bonds is 12. The molecule has 2 aliphatic rings. The summed E-state index contributed by atoms with van der Waals surface area (Å²) in [6.07, 6.45) is 2.41. The minimum atomic E-state index is -0.833. The van der Waals surface area contributed by atoms with E-state index in [1.807, 2.05) is 66.7 Å². The van der Waals surface area contributed by atoms with Crippen LogP contribution in [0.15, 0.2) is 78.9 Å². The van der Waals surface area contributed by atoms with Crippen molar-refractivity contribution in [3.05, 3.63) is 101 Å². The van der Waals surface area contributed by atoms with Crippen LogP contribution in [0.1, 0.15) is 53.9 Å². The van der Waals surface area contributed by atoms with Gasteiger partial charge in [-0.3, -0.25) is 4.90 Å². The fraction of sp³-hybridized carbons (Fsp3) is 0.429. The van der Waals surface area contributed by atoms with Crippen molar-refractivity contribution in [1.29, 1.82) is 0 Å². The number of benzene rings is 3. The zero-order valence-electron chi connectivity index (χ0n) is 25.9. The van der Waals surface area contributed by atoms with Crippen molar-refractivity contribution in [2.45, 2.75) is 62.9 Å². The normalized spacial score (nSPS) is 22.5.